The predicted molar refractivity (Wildman–Crippen MR) is 78.3 cm³/mol. The van der Waals surface area contributed by atoms with Crippen LogP contribution in [0.25, 0.3) is 0 Å². The lowest BCUT2D eigenvalue weighted by atomic mass is 9.88. The Bertz CT molecular complexity index is 567. The van der Waals surface area contributed by atoms with Crippen molar-refractivity contribution >= 4 is 54.9 Å². The first-order valence-electron chi connectivity index (χ1n) is 5.30. The van der Waals surface area contributed by atoms with Crippen LogP contribution in [0, 0.1) is 5.41 Å². The number of carboxylic acids is 1. The molecule has 1 atom stereocenters. The smallest absolute Gasteiger partial charge is 0.310 e. The van der Waals surface area contributed by atoms with E-state index in [-0.39, 0.29) is 10.8 Å². The van der Waals surface area contributed by atoms with Gasteiger partial charge in [-0.15, -0.1) is 11.3 Å². The van der Waals surface area contributed by atoms with Crippen molar-refractivity contribution < 1.29 is 18.3 Å². The van der Waals surface area contributed by atoms with Crippen molar-refractivity contribution in [3.05, 3.63) is 14.9 Å². The number of hydrogen-bond acceptors (Lipinski definition) is 4. The summed E-state index contributed by atoms with van der Waals surface area (Å²) in [4.78, 5) is 11.1. The van der Waals surface area contributed by atoms with Crippen LogP contribution in [0.1, 0.15) is 20.3 Å². The van der Waals surface area contributed by atoms with Crippen molar-refractivity contribution in [2.24, 2.45) is 5.41 Å². The number of thiophene rings is 1. The van der Waals surface area contributed by atoms with Crippen molar-refractivity contribution in [3.63, 3.8) is 0 Å². The van der Waals surface area contributed by atoms with Crippen LogP contribution in [-0.4, -0.2) is 26.0 Å². The van der Waals surface area contributed by atoms with Crippen LogP contribution in [0.5, 0.6) is 0 Å². The molecule has 0 saturated carbocycles. The zero-order valence-corrected chi connectivity index (χ0v) is 14.2. The molecule has 0 aliphatic carbocycles. The van der Waals surface area contributed by atoms with Crippen LogP contribution in [-0.2, 0) is 14.8 Å². The van der Waals surface area contributed by atoms with Gasteiger partial charge in [0.2, 0.25) is 10.0 Å². The molecule has 5 nitrogen and oxygen atoms in total. The third-order valence-electron chi connectivity index (χ3n) is 2.84. The molecule has 0 aromatic carbocycles. The summed E-state index contributed by atoms with van der Waals surface area (Å²) in [5.41, 5.74) is -1.13. The van der Waals surface area contributed by atoms with Gasteiger partial charge in [0.05, 0.1) is 14.2 Å². The summed E-state index contributed by atoms with van der Waals surface area (Å²) in [6, 6.07) is 1.32. The lowest BCUT2D eigenvalue weighted by Crippen LogP contribution is -2.40. The van der Waals surface area contributed by atoms with Gasteiger partial charge in [0, 0.05) is 6.54 Å². The summed E-state index contributed by atoms with van der Waals surface area (Å²) in [5.74, 6) is -1.04. The molecule has 19 heavy (non-hydrogen) atoms. The van der Waals surface area contributed by atoms with Gasteiger partial charge in [-0.1, -0.05) is 18.5 Å². The van der Waals surface area contributed by atoms with E-state index in [0.717, 1.165) is 11.3 Å². The molecule has 0 aliphatic rings. The Labute approximate surface area is 129 Å². The predicted octanol–water partition coefficient (Wildman–Crippen LogP) is 2.94. The van der Waals surface area contributed by atoms with E-state index in [4.69, 9.17) is 16.7 Å². The maximum atomic E-state index is 12.0. The lowest BCUT2D eigenvalue weighted by Gasteiger charge is -2.22. The zero-order chi connectivity index (χ0) is 14.8. The quantitative estimate of drug-likeness (QED) is 0.782. The topological polar surface area (TPSA) is 83.5 Å². The van der Waals surface area contributed by atoms with Gasteiger partial charge in [0.15, 0.2) is 0 Å². The van der Waals surface area contributed by atoms with Crippen LogP contribution in [0.2, 0.25) is 5.02 Å². The number of aliphatic carboxylic acids is 1. The highest BCUT2D eigenvalue weighted by Gasteiger charge is 2.33. The Morgan fingerprint density at radius 2 is 2.21 bits per heavy atom. The molecule has 1 unspecified atom stereocenters. The Hall–Kier alpha value is -0.150. The third-order valence-corrected chi connectivity index (χ3v) is 7.19. The van der Waals surface area contributed by atoms with E-state index in [2.05, 4.69) is 20.7 Å². The highest BCUT2D eigenvalue weighted by atomic mass is 79.9. The van der Waals surface area contributed by atoms with Crippen LogP contribution in [0.3, 0.4) is 0 Å². The molecular weight excluding hydrogens is 378 g/mol. The molecule has 1 heterocycles. The van der Waals surface area contributed by atoms with E-state index in [1.165, 1.54) is 13.0 Å². The van der Waals surface area contributed by atoms with Gasteiger partial charge in [-0.2, -0.15) is 0 Å². The molecule has 0 aliphatic heterocycles. The van der Waals surface area contributed by atoms with Crippen LogP contribution in [0.15, 0.2) is 14.1 Å². The maximum absolute atomic E-state index is 12.0. The second-order valence-electron chi connectivity index (χ2n) is 4.23. The molecule has 108 valence electrons. The molecule has 0 fully saturated rings. The average Bonchev–Trinajstić information content (AvgIpc) is 2.67. The number of hydrogen-bond donors (Lipinski definition) is 2. The van der Waals surface area contributed by atoms with Gasteiger partial charge >= 0.3 is 5.97 Å². The minimum Gasteiger partial charge on any atom is -0.481 e. The molecule has 1 aromatic heterocycles. The second-order valence-corrected chi connectivity index (χ2v) is 9.00. The summed E-state index contributed by atoms with van der Waals surface area (Å²) in [7, 11) is -3.75. The summed E-state index contributed by atoms with van der Waals surface area (Å²) in [6.45, 7) is 3.02. The molecule has 0 amide bonds. The SMILES string of the molecule is CCC(C)(CNS(=O)(=O)c1cc(Cl)c(Br)s1)C(=O)O. The lowest BCUT2D eigenvalue weighted by molar-refractivity contribution is -0.147. The van der Waals surface area contributed by atoms with Crippen LogP contribution < -0.4 is 4.72 Å². The molecule has 0 bridgehead atoms. The first-order valence-corrected chi connectivity index (χ1v) is 8.77. The number of carboxylic acid groups (broad SMARTS) is 1. The zero-order valence-electron chi connectivity index (χ0n) is 10.2. The number of rotatable bonds is 6. The van der Waals surface area contributed by atoms with Crippen molar-refractivity contribution in [2.75, 3.05) is 6.54 Å². The summed E-state index contributed by atoms with van der Waals surface area (Å²) in [6.07, 6.45) is 0.319. The Kier molecular flexibility index (Phi) is 5.42. The van der Waals surface area contributed by atoms with E-state index in [0.29, 0.717) is 15.2 Å². The Morgan fingerprint density at radius 3 is 2.58 bits per heavy atom. The van der Waals surface area contributed by atoms with E-state index in [1.807, 2.05) is 0 Å². The van der Waals surface area contributed by atoms with Gasteiger partial charge in [-0.3, -0.25) is 4.79 Å². The molecule has 1 rings (SSSR count). The van der Waals surface area contributed by atoms with Crippen molar-refractivity contribution in [3.8, 4) is 0 Å². The molecule has 1 aromatic rings. The molecule has 0 spiro atoms. The number of halogens is 2. The first kappa shape index (κ1) is 16.9. The molecule has 0 radical (unpaired) electrons. The fourth-order valence-electron chi connectivity index (χ4n) is 1.14. The second kappa shape index (κ2) is 6.09. The van der Waals surface area contributed by atoms with E-state index in [1.54, 1.807) is 6.92 Å². The number of nitrogens with one attached hydrogen (secondary N) is 1. The van der Waals surface area contributed by atoms with E-state index >= 15 is 0 Å². The fourth-order valence-corrected chi connectivity index (χ4v) is 4.75. The Balaban J connectivity index is 2.90. The normalized spacial score (nSPS) is 15.2. The highest BCUT2D eigenvalue weighted by molar-refractivity contribution is 9.11. The summed E-state index contributed by atoms with van der Waals surface area (Å²) >= 11 is 9.89. The maximum Gasteiger partial charge on any atom is 0.310 e. The molecule has 9 heteroatoms. The monoisotopic (exact) mass is 389 g/mol. The minimum atomic E-state index is -3.75. The van der Waals surface area contributed by atoms with Gasteiger partial charge in [-0.25, -0.2) is 13.1 Å². The van der Waals surface area contributed by atoms with E-state index < -0.39 is 21.4 Å². The standard InChI is InChI=1S/C10H13BrClNO4S2/c1-3-10(2,9(14)15)5-13-19(16,17)7-4-6(12)8(11)18-7/h4,13H,3,5H2,1-2H3,(H,14,15). The third kappa shape index (κ3) is 3.91. The summed E-state index contributed by atoms with van der Waals surface area (Å²) < 4.78 is 26.9. The Morgan fingerprint density at radius 1 is 1.63 bits per heavy atom. The number of carbonyl (C=O) groups is 1. The highest BCUT2D eigenvalue weighted by Crippen LogP contribution is 2.34. The van der Waals surface area contributed by atoms with E-state index in [9.17, 15) is 13.2 Å². The van der Waals surface area contributed by atoms with Gasteiger partial charge in [0.1, 0.15) is 4.21 Å². The largest absolute Gasteiger partial charge is 0.481 e. The van der Waals surface area contributed by atoms with Crippen LogP contribution in [0.4, 0.5) is 0 Å². The number of sulfonamides is 1. The first-order chi connectivity index (χ1) is 8.62. The minimum absolute atomic E-state index is 0.0493. The molecule has 0 saturated heterocycles. The molecule has 2 N–H and O–H groups in total. The van der Waals surface area contributed by atoms with Gasteiger partial charge in [0.25, 0.3) is 0 Å². The average molecular weight is 391 g/mol. The fraction of sp³-hybridized carbons (Fsp3) is 0.500. The van der Waals surface area contributed by atoms with Crippen molar-refractivity contribution in [1.29, 1.82) is 0 Å². The van der Waals surface area contributed by atoms with Gasteiger partial charge < -0.3 is 5.11 Å². The molecular formula is C10H13BrClNO4S2. The van der Waals surface area contributed by atoms with Gasteiger partial charge in [-0.05, 0) is 35.3 Å². The van der Waals surface area contributed by atoms with Crippen molar-refractivity contribution in [1.82, 2.24) is 4.72 Å². The van der Waals surface area contributed by atoms with Crippen molar-refractivity contribution in [2.45, 2.75) is 24.5 Å². The van der Waals surface area contributed by atoms with Crippen LogP contribution >= 0.6 is 38.9 Å². The summed E-state index contributed by atoms with van der Waals surface area (Å²) in [5, 5.41) is 9.39.